The largest absolute Gasteiger partial charge is 0.382 e. The number of hydrogen-bond donors (Lipinski definition) is 1. The van der Waals surface area contributed by atoms with Gasteiger partial charge >= 0.3 is 0 Å². The fraction of sp³-hybridized carbons (Fsp3) is 0.222. The molecule has 2 atom stereocenters. The van der Waals surface area contributed by atoms with E-state index in [2.05, 4.69) is 10.5 Å². The Kier molecular flexibility index (Phi) is 4.37. The summed E-state index contributed by atoms with van der Waals surface area (Å²) in [7, 11) is 0. The van der Waals surface area contributed by atoms with E-state index in [1.807, 2.05) is 37.3 Å². The quantitative estimate of drug-likeness (QED) is 0.942. The minimum absolute atomic E-state index is 0.225. The lowest BCUT2D eigenvalue weighted by Gasteiger charge is -2.16. The molecular formula is C18H17FN2O2. The summed E-state index contributed by atoms with van der Waals surface area (Å²) in [4.78, 5) is 17.5. The number of nitrogens with zero attached hydrogens (tertiary/aromatic N) is 1. The molecule has 118 valence electrons. The monoisotopic (exact) mass is 312 g/mol. The van der Waals surface area contributed by atoms with Crippen LogP contribution in [0.2, 0.25) is 0 Å². The molecule has 1 aliphatic heterocycles. The second-order valence-corrected chi connectivity index (χ2v) is 5.48. The van der Waals surface area contributed by atoms with Gasteiger partial charge in [0.2, 0.25) is 6.10 Å². The van der Waals surface area contributed by atoms with E-state index in [1.54, 1.807) is 12.1 Å². The molecule has 0 unspecified atom stereocenters. The molecule has 4 nitrogen and oxygen atoms in total. The second-order valence-electron chi connectivity index (χ2n) is 5.48. The van der Waals surface area contributed by atoms with Gasteiger partial charge in [-0.05, 0) is 30.2 Å². The highest BCUT2D eigenvalue weighted by molar-refractivity contribution is 6.04. The first kappa shape index (κ1) is 15.2. The summed E-state index contributed by atoms with van der Waals surface area (Å²) in [5.74, 6) is -0.524. The van der Waals surface area contributed by atoms with Crippen molar-refractivity contribution >= 4 is 11.6 Å². The van der Waals surface area contributed by atoms with Crippen LogP contribution in [0.3, 0.4) is 0 Å². The molecule has 0 saturated carbocycles. The maximum Gasteiger partial charge on any atom is 0.264 e. The van der Waals surface area contributed by atoms with Crippen LogP contribution in [-0.4, -0.2) is 17.7 Å². The van der Waals surface area contributed by atoms with E-state index in [0.717, 1.165) is 16.8 Å². The number of rotatable bonds is 4. The van der Waals surface area contributed by atoms with Gasteiger partial charge in [0.25, 0.3) is 5.91 Å². The van der Waals surface area contributed by atoms with Crippen LogP contribution in [0.15, 0.2) is 59.8 Å². The molecule has 0 bridgehead atoms. The Bertz CT molecular complexity index is 714. The summed E-state index contributed by atoms with van der Waals surface area (Å²) in [6.07, 6.45) is -0.195. The van der Waals surface area contributed by atoms with Gasteiger partial charge in [-0.15, -0.1) is 0 Å². The van der Waals surface area contributed by atoms with E-state index < -0.39 is 6.10 Å². The van der Waals surface area contributed by atoms with Gasteiger partial charge in [-0.1, -0.05) is 47.6 Å². The van der Waals surface area contributed by atoms with Crippen molar-refractivity contribution in [3.8, 4) is 0 Å². The molecule has 23 heavy (non-hydrogen) atoms. The predicted octanol–water partition coefficient (Wildman–Crippen LogP) is 3.20. The Morgan fingerprint density at radius 2 is 1.91 bits per heavy atom. The summed E-state index contributed by atoms with van der Waals surface area (Å²) in [6.45, 7) is 1.85. The van der Waals surface area contributed by atoms with Crippen molar-refractivity contribution in [1.82, 2.24) is 5.32 Å². The van der Waals surface area contributed by atoms with Crippen molar-refractivity contribution in [1.29, 1.82) is 0 Å². The van der Waals surface area contributed by atoms with E-state index in [9.17, 15) is 9.18 Å². The van der Waals surface area contributed by atoms with Crippen molar-refractivity contribution in [3.63, 3.8) is 0 Å². The zero-order valence-electron chi connectivity index (χ0n) is 12.7. The van der Waals surface area contributed by atoms with Crippen LogP contribution in [0.1, 0.15) is 30.5 Å². The topological polar surface area (TPSA) is 50.7 Å². The summed E-state index contributed by atoms with van der Waals surface area (Å²) < 4.78 is 12.9. The third kappa shape index (κ3) is 3.56. The molecule has 1 heterocycles. The molecule has 1 N–H and O–H groups in total. The van der Waals surface area contributed by atoms with Gasteiger partial charge in [-0.2, -0.15) is 0 Å². The molecule has 1 aliphatic rings. The first-order chi connectivity index (χ1) is 11.1. The zero-order chi connectivity index (χ0) is 16.2. The number of amides is 1. The molecule has 0 aliphatic carbocycles. The Morgan fingerprint density at radius 3 is 2.61 bits per heavy atom. The SMILES string of the molecule is C[C@@H](NC(=O)[C@H]1CC(c2ccccc2)=NO1)c1ccc(F)cc1. The number of carbonyl (C=O) groups is 1. The molecule has 0 radical (unpaired) electrons. The lowest BCUT2D eigenvalue weighted by molar-refractivity contribution is -0.131. The van der Waals surface area contributed by atoms with Gasteiger partial charge in [0.1, 0.15) is 5.82 Å². The molecule has 0 aromatic heterocycles. The van der Waals surface area contributed by atoms with E-state index in [1.165, 1.54) is 12.1 Å². The molecule has 1 amide bonds. The van der Waals surface area contributed by atoms with Crippen LogP contribution < -0.4 is 5.32 Å². The van der Waals surface area contributed by atoms with Crippen LogP contribution in [0, 0.1) is 5.82 Å². The molecule has 5 heteroatoms. The van der Waals surface area contributed by atoms with Gasteiger partial charge < -0.3 is 10.2 Å². The van der Waals surface area contributed by atoms with Gasteiger partial charge in [-0.25, -0.2) is 4.39 Å². The lowest BCUT2D eigenvalue weighted by atomic mass is 10.0. The van der Waals surface area contributed by atoms with Gasteiger partial charge in [0.15, 0.2) is 0 Å². The molecule has 2 aromatic rings. The predicted molar refractivity (Wildman–Crippen MR) is 85.4 cm³/mol. The Hall–Kier alpha value is -2.69. The summed E-state index contributed by atoms with van der Waals surface area (Å²) >= 11 is 0. The fourth-order valence-electron chi connectivity index (χ4n) is 2.46. The van der Waals surface area contributed by atoms with E-state index in [0.29, 0.717) is 6.42 Å². The van der Waals surface area contributed by atoms with Crippen LogP contribution >= 0.6 is 0 Å². The van der Waals surface area contributed by atoms with Crippen molar-refractivity contribution in [2.24, 2.45) is 5.16 Å². The molecule has 0 spiro atoms. The smallest absolute Gasteiger partial charge is 0.264 e. The van der Waals surface area contributed by atoms with Crippen molar-refractivity contribution in [2.45, 2.75) is 25.5 Å². The Balaban J connectivity index is 1.59. The van der Waals surface area contributed by atoms with Crippen molar-refractivity contribution < 1.29 is 14.0 Å². The fourth-order valence-corrected chi connectivity index (χ4v) is 2.46. The normalized spacial score (nSPS) is 18.0. The van der Waals surface area contributed by atoms with Crippen LogP contribution in [-0.2, 0) is 9.63 Å². The number of nitrogens with one attached hydrogen (secondary N) is 1. The summed E-state index contributed by atoms with van der Waals surface area (Å²) in [5.41, 5.74) is 2.55. The minimum Gasteiger partial charge on any atom is -0.382 e. The Labute approximate surface area is 134 Å². The molecule has 3 rings (SSSR count). The van der Waals surface area contributed by atoms with Crippen molar-refractivity contribution in [3.05, 3.63) is 71.5 Å². The maximum absolute atomic E-state index is 12.9. The molecule has 0 fully saturated rings. The summed E-state index contributed by atoms with van der Waals surface area (Å²) in [5, 5.41) is 6.88. The first-order valence-corrected chi connectivity index (χ1v) is 7.47. The zero-order valence-corrected chi connectivity index (χ0v) is 12.7. The molecule has 2 aromatic carbocycles. The van der Waals surface area contributed by atoms with Gasteiger partial charge in [0, 0.05) is 6.42 Å². The minimum atomic E-state index is -0.631. The highest BCUT2D eigenvalue weighted by Crippen LogP contribution is 2.19. The van der Waals surface area contributed by atoms with E-state index >= 15 is 0 Å². The lowest BCUT2D eigenvalue weighted by Crippen LogP contribution is -2.36. The number of halogens is 1. The van der Waals surface area contributed by atoms with E-state index in [-0.39, 0.29) is 17.8 Å². The second kappa shape index (κ2) is 6.60. The van der Waals surface area contributed by atoms with E-state index in [4.69, 9.17) is 4.84 Å². The maximum atomic E-state index is 12.9. The standard InChI is InChI=1S/C18H17FN2O2/c1-12(13-7-9-15(19)10-8-13)20-18(22)17-11-16(21-23-17)14-5-3-2-4-6-14/h2-10,12,17H,11H2,1H3,(H,20,22)/t12-,17-/m1/s1. The molecular weight excluding hydrogens is 295 g/mol. The average Bonchev–Trinajstić information content (AvgIpc) is 3.06. The Morgan fingerprint density at radius 1 is 1.22 bits per heavy atom. The van der Waals surface area contributed by atoms with Crippen molar-refractivity contribution in [2.75, 3.05) is 0 Å². The highest BCUT2D eigenvalue weighted by atomic mass is 19.1. The number of oxime groups is 1. The number of carbonyl (C=O) groups excluding carboxylic acids is 1. The average molecular weight is 312 g/mol. The summed E-state index contributed by atoms with van der Waals surface area (Å²) in [6, 6.07) is 15.5. The van der Waals surface area contributed by atoms with Crippen LogP contribution in [0.4, 0.5) is 4.39 Å². The highest BCUT2D eigenvalue weighted by Gasteiger charge is 2.29. The van der Waals surface area contributed by atoms with Crippen LogP contribution in [0.25, 0.3) is 0 Å². The third-order valence-electron chi connectivity index (χ3n) is 3.80. The molecule has 0 saturated heterocycles. The van der Waals surface area contributed by atoms with Gasteiger partial charge in [-0.3, -0.25) is 4.79 Å². The van der Waals surface area contributed by atoms with Crippen LogP contribution in [0.5, 0.6) is 0 Å². The number of hydrogen-bond acceptors (Lipinski definition) is 3. The van der Waals surface area contributed by atoms with Gasteiger partial charge in [0.05, 0.1) is 11.8 Å². The first-order valence-electron chi connectivity index (χ1n) is 7.47. The third-order valence-corrected chi connectivity index (χ3v) is 3.80. The number of benzene rings is 2.